The molecule has 1 aromatic carbocycles. The maximum Gasteiger partial charge on any atom is 0.417 e. The van der Waals surface area contributed by atoms with Crippen molar-refractivity contribution in [2.24, 2.45) is 0 Å². The lowest BCUT2D eigenvalue weighted by Gasteiger charge is -2.11. The van der Waals surface area contributed by atoms with Gasteiger partial charge in [-0.2, -0.15) is 18.4 Å². The summed E-state index contributed by atoms with van der Waals surface area (Å²) in [6.07, 6.45) is -7.16. The summed E-state index contributed by atoms with van der Waals surface area (Å²) in [4.78, 5) is 0. The Morgan fingerprint density at radius 1 is 1.30 bits per heavy atom. The van der Waals surface area contributed by atoms with Gasteiger partial charge in [0, 0.05) is 12.2 Å². The summed E-state index contributed by atoms with van der Waals surface area (Å²) in [6.45, 7) is -0.575. The van der Waals surface area contributed by atoms with Crippen LogP contribution in [0.5, 0.6) is 0 Å². The molecule has 0 unspecified atom stereocenters. The Bertz CT molecular complexity index is 482. The molecule has 1 aromatic rings. The predicted molar refractivity (Wildman–Crippen MR) is 61.5 cm³/mol. The van der Waals surface area contributed by atoms with Crippen LogP contribution in [0.3, 0.4) is 0 Å². The summed E-state index contributed by atoms with van der Waals surface area (Å²) in [7, 11) is 0. The van der Waals surface area contributed by atoms with Crippen molar-refractivity contribution in [2.45, 2.75) is 12.6 Å². The van der Waals surface area contributed by atoms with Gasteiger partial charge in [0.25, 0.3) is 6.43 Å². The first-order valence-corrected chi connectivity index (χ1v) is 5.55. The monoisotopic (exact) mass is 294 g/mol. The average molecular weight is 294 g/mol. The molecule has 0 aromatic heterocycles. The second kappa shape index (κ2) is 7.05. The lowest BCUT2D eigenvalue weighted by atomic mass is 10.1. The molecule has 0 aliphatic carbocycles. The lowest BCUT2D eigenvalue weighted by molar-refractivity contribution is -0.137. The first-order chi connectivity index (χ1) is 9.34. The molecule has 0 bridgehead atoms. The van der Waals surface area contributed by atoms with Crippen molar-refractivity contribution < 1.29 is 26.7 Å². The van der Waals surface area contributed by atoms with E-state index in [1.165, 1.54) is 6.07 Å². The van der Waals surface area contributed by atoms with Gasteiger partial charge in [-0.25, -0.2) is 8.78 Å². The number of benzene rings is 1. The minimum atomic E-state index is -4.59. The summed E-state index contributed by atoms with van der Waals surface area (Å²) < 4.78 is 65.7. The fourth-order valence-corrected chi connectivity index (χ4v) is 1.43. The van der Waals surface area contributed by atoms with Gasteiger partial charge in [0.05, 0.1) is 23.8 Å². The van der Waals surface area contributed by atoms with E-state index in [1.807, 2.05) is 0 Å². The highest BCUT2D eigenvalue weighted by atomic mass is 19.4. The molecule has 20 heavy (non-hydrogen) atoms. The van der Waals surface area contributed by atoms with E-state index >= 15 is 0 Å². The van der Waals surface area contributed by atoms with Crippen LogP contribution in [-0.4, -0.2) is 26.2 Å². The fraction of sp³-hybridized carbons (Fsp3) is 0.417. The quantitative estimate of drug-likeness (QED) is 0.647. The normalized spacial score (nSPS) is 11.4. The van der Waals surface area contributed by atoms with E-state index in [1.54, 1.807) is 0 Å². The van der Waals surface area contributed by atoms with E-state index in [-0.39, 0.29) is 18.8 Å². The topological polar surface area (TPSA) is 45.0 Å². The first kappa shape index (κ1) is 16.2. The zero-order valence-electron chi connectivity index (χ0n) is 10.2. The minimum Gasteiger partial charge on any atom is -0.383 e. The maximum absolute atomic E-state index is 12.5. The number of rotatable bonds is 6. The molecule has 0 atom stereocenters. The van der Waals surface area contributed by atoms with Crippen molar-refractivity contribution in [1.29, 1.82) is 5.26 Å². The Morgan fingerprint density at radius 3 is 2.55 bits per heavy atom. The van der Waals surface area contributed by atoms with E-state index in [0.29, 0.717) is 0 Å². The number of anilines is 1. The predicted octanol–water partition coefficient (Wildman–Crippen LogP) is 3.27. The Labute approximate surface area is 112 Å². The Balaban J connectivity index is 2.59. The number of ether oxygens (including phenoxy) is 1. The van der Waals surface area contributed by atoms with Crippen molar-refractivity contribution in [2.75, 3.05) is 25.1 Å². The molecule has 0 aliphatic rings. The molecule has 110 valence electrons. The summed E-state index contributed by atoms with van der Waals surface area (Å²) >= 11 is 0. The van der Waals surface area contributed by atoms with Gasteiger partial charge in [0.15, 0.2) is 0 Å². The van der Waals surface area contributed by atoms with Crippen LogP contribution >= 0.6 is 0 Å². The highest BCUT2D eigenvalue weighted by Gasteiger charge is 2.33. The summed E-state index contributed by atoms with van der Waals surface area (Å²) in [5.41, 5.74) is -1.23. The molecule has 3 nitrogen and oxygen atoms in total. The number of hydrogen-bond acceptors (Lipinski definition) is 3. The summed E-state index contributed by atoms with van der Waals surface area (Å²) in [5.74, 6) is 0. The van der Waals surface area contributed by atoms with Crippen LogP contribution in [0.1, 0.15) is 11.1 Å². The zero-order chi connectivity index (χ0) is 15.2. The number of nitrogens with one attached hydrogen (secondary N) is 1. The molecule has 8 heteroatoms. The van der Waals surface area contributed by atoms with Crippen molar-refractivity contribution in [1.82, 2.24) is 0 Å². The van der Waals surface area contributed by atoms with E-state index < -0.39 is 30.3 Å². The lowest BCUT2D eigenvalue weighted by Crippen LogP contribution is -2.14. The third kappa shape index (κ3) is 5.01. The molecule has 0 fully saturated rings. The molecular formula is C12H11F5N2O. The summed E-state index contributed by atoms with van der Waals surface area (Å²) in [5, 5.41) is 11.4. The van der Waals surface area contributed by atoms with Gasteiger partial charge in [-0.3, -0.25) is 0 Å². The van der Waals surface area contributed by atoms with Gasteiger partial charge in [-0.1, -0.05) is 0 Å². The third-order valence-electron chi connectivity index (χ3n) is 2.26. The van der Waals surface area contributed by atoms with Crippen molar-refractivity contribution in [3.05, 3.63) is 29.3 Å². The van der Waals surface area contributed by atoms with Gasteiger partial charge in [-0.15, -0.1) is 0 Å². The van der Waals surface area contributed by atoms with Crippen molar-refractivity contribution in [3.63, 3.8) is 0 Å². The standard InChI is InChI=1S/C12H11F5N2O/c13-11(14)7-20-4-3-19-9-1-2-10(12(15,16)17)8(5-9)6-18/h1-2,5,11,19H,3-4,7H2. The molecule has 1 N–H and O–H groups in total. The summed E-state index contributed by atoms with van der Waals surface area (Å²) in [6, 6.07) is 4.48. The third-order valence-corrected chi connectivity index (χ3v) is 2.26. The molecule has 0 radical (unpaired) electrons. The second-order valence-electron chi connectivity index (χ2n) is 3.76. The van der Waals surface area contributed by atoms with Crippen LogP contribution in [0.4, 0.5) is 27.6 Å². The van der Waals surface area contributed by atoms with Gasteiger partial charge >= 0.3 is 6.18 Å². The van der Waals surface area contributed by atoms with E-state index in [9.17, 15) is 22.0 Å². The van der Waals surface area contributed by atoms with Gasteiger partial charge in [-0.05, 0) is 18.2 Å². The largest absolute Gasteiger partial charge is 0.417 e. The fourth-order valence-electron chi connectivity index (χ4n) is 1.43. The van der Waals surface area contributed by atoms with Crippen molar-refractivity contribution in [3.8, 4) is 6.07 Å². The Morgan fingerprint density at radius 2 is 2.00 bits per heavy atom. The van der Waals surface area contributed by atoms with Gasteiger partial charge in [0.2, 0.25) is 0 Å². The molecule has 0 saturated carbocycles. The van der Waals surface area contributed by atoms with Crippen LogP contribution in [0.25, 0.3) is 0 Å². The highest BCUT2D eigenvalue weighted by Crippen LogP contribution is 2.32. The zero-order valence-corrected chi connectivity index (χ0v) is 10.2. The molecular weight excluding hydrogens is 283 g/mol. The van der Waals surface area contributed by atoms with Gasteiger partial charge < -0.3 is 10.1 Å². The van der Waals surface area contributed by atoms with E-state index in [0.717, 1.165) is 18.2 Å². The number of nitrogens with zero attached hydrogens (tertiary/aromatic N) is 1. The number of halogens is 5. The van der Waals surface area contributed by atoms with Crippen LogP contribution < -0.4 is 5.32 Å². The average Bonchev–Trinajstić information content (AvgIpc) is 2.36. The highest BCUT2D eigenvalue weighted by molar-refractivity contribution is 5.53. The van der Waals surface area contributed by atoms with E-state index in [2.05, 4.69) is 10.1 Å². The number of nitriles is 1. The Hall–Kier alpha value is -1.88. The molecule has 0 amide bonds. The molecule has 1 rings (SSSR count). The smallest absolute Gasteiger partial charge is 0.383 e. The molecule has 0 aliphatic heterocycles. The van der Waals surface area contributed by atoms with Crippen LogP contribution in [0, 0.1) is 11.3 Å². The first-order valence-electron chi connectivity index (χ1n) is 5.55. The van der Waals surface area contributed by atoms with Crippen LogP contribution in [0.15, 0.2) is 18.2 Å². The van der Waals surface area contributed by atoms with Crippen LogP contribution in [-0.2, 0) is 10.9 Å². The minimum absolute atomic E-state index is 0.0206. The maximum atomic E-state index is 12.5. The number of hydrogen-bond donors (Lipinski definition) is 1. The molecule has 0 saturated heterocycles. The van der Waals surface area contributed by atoms with Gasteiger partial charge in [0.1, 0.15) is 6.61 Å². The van der Waals surface area contributed by atoms with E-state index in [4.69, 9.17) is 5.26 Å². The number of alkyl halides is 5. The molecule has 0 heterocycles. The Kier molecular flexibility index (Phi) is 5.70. The molecule has 0 spiro atoms. The van der Waals surface area contributed by atoms with Crippen LogP contribution in [0.2, 0.25) is 0 Å². The van der Waals surface area contributed by atoms with Crippen molar-refractivity contribution >= 4 is 5.69 Å². The second-order valence-corrected chi connectivity index (χ2v) is 3.76. The SMILES string of the molecule is N#Cc1cc(NCCOCC(F)F)ccc1C(F)(F)F.